The molecule has 1 heterocycles. The molecule has 1 aliphatic rings. The summed E-state index contributed by atoms with van der Waals surface area (Å²) < 4.78 is 10.8. The van der Waals surface area contributed by atoms with Crippen LogP contribution in [0.1, 0.15) is 43.7 Å². The minimum absolute atomic E-state index is 0.0576. The van der Waals surface area contributed by atoms with E-state index in [0.717, 1.165) is 17.5 Å². The van der Waals surface area contributed by atoms with Crippen molar-refractivity contribution >= 4 is 5.97 Å². The van der Waals surface area contributed by atoms with Gasteiger partial charge in [-0.05, 0) is 31.4 Å². The lowest BCUT2D eigenvalue weighted by molar-refractivity contribution is -0.139. The average Bonchev–Trinajstić information content (AvgIpc) is 2.55. The quantitative estimate of drug-likeness (QED) is 0.838. The number of hydrogen-bond donors (Lipinski definition) is 1. The number of allylic oxidation sites excluding steroid dienone is 2. The highest BCUT2D eigenvalue weighted by molar-refractivity contribution is 5.92. The standard InChI is InChI=1S/C19H22N2O3/c1-4-8-15-17(19(22)23-5-2)16(14(11-20)18(21)24-15)13-10-7-6-9-12(13)3/h6-7,9-10,16H,4-5,8,21H2,1-3H3/t16-/m1/s1. The summed E-state index contributed by atoms with van der Waals surface area (Å²) in [5.41, 5.74) is 8.42. The number of nitrogens with two attached hydrogens (primary N) is 1. The maximum atomic E-state index is 12.6. The van der Waals surface area contributed by atoms with Crippen LogP contribution in [0.2, 0.25) is 0 Å². The van der Waals surface area contributed by atoms with Crippen LogP contribution in [0.5, 0.6) is 0 Å². The van der Waals surface area contributed by atoms with Crippen LogP contribution in [0.3, 0.4) is 0 Å². The molecule has 5 nitrogen and oxygen atoms in total. The van der Waals surface area contributed by atoms with E-state index >= 15 is 0 Å². The molecule has 0 aromatic heterocycles. The largest absolute Gasteiger partial charge is 0.463 e. The molecule has 1 aromatic carbocycles. The van der Waals surface area contributed by atoms with Crippen molar-refractivity contribution in [2.24, 2.45) is 5.73 Å². The molecule has 0 radical (unpaired) electrons. The summed E-state index contributed by atoms with van der Waals surface area (Å²) in [5.74, 6) is -0.483. The third-order valence-corrected chi connectivity index (χ3v) is 3.97. The van der Waals surface area contributed by atoms with Gasteiger partial charge in [0.2, 0.25) is 5.88 Å². The fraction of sp³-hybridized carbons (Fsp3) is 0.368. The second-order valence-corrected chi connectivity index (χ2v) is 5.59. The average molecular weight is 326 g/mol. The Balaban J connectivity index is 2.69. The van der Waals surface area contributed by atoms with Gasteiger partial charge in [0.05, 0.1) is 18.1 Å². The normalized spacial score (nSPS) is 17.3. The number of aryl methyl sites for hydroxylation is 1. The molecule has 0 fully saturated rings. The summed E-state index contributed by atoms with van der Waals surface area (Å²) in [6, 6.07) is 9.75. The summed E-state index contributed by atoms with van der Waals surface area (Å²) in [6.45, 7) is 5.93. The number of benzene rings is 1. The highest BCUT2D eigenvalue weighted by Crippen LogP contribution is 2.41. The van der Waals surface area contributed by atoms with Crippen LogP contribution in [-0.2, 0) is 14.3 Å². The summed E-state index contributed by atoms with van der Waals surface area (Å²) in [4.78, 5) is 12.6. The fourth-order valence-corrected chi connectivity index (χ4v) is 2.88. The van der Waals surface area contributed by atoms with Gasteiger partial charge in [0, 0.05) is 6.42 Å². The van der Waals surface area contributed by atoms with Gasteiger partial charge in [0.25, 0.3) is 0 Å². The molecule has 0 saturated carbocycles. The van der Waals surface area contributed by atoms with Crippen LogP contribution in [0, 0.1) is 18.3 Å². The van der Waals surface area contributed by atoms with Crippen molar-refractivity contribution in [2.45, 2.75) is 39.5 Å². The summed E-state index contributed by atoms with van der Waals surface area (Å²) in [7, 11) is 0. The molecule has 0 amide bonds. The van der Waals surface area contributed by atoms with Crippen LogP contribution in [0.25, 0.3) is 0 Å². The zero-order chi connectivity index (χ0) is 17.7. The second-order valence-electron chi connectivity index (χ2n) is 5.59. The molecule has 0 unspecified atom stereocenters. The van der Waals surface area contributed by atoms with Crippen LogP contribution >= 0.6 is 0 Å². The van der Waals surface area contributed by atoms with E-state index < -0.39 is 11.9 Å². The molecule has 0 aliphatic carbocycles. The first-order valence-electron chi connectivity index (χ1n) is 8.08. The van der Waals surface area contributed by atoms with Gasteiger partial charge >= 0.3 is 5.97 Å². The predicted octanol–water partition coefficient (Wildman–Crippen LogP) is 3.42. The lowest BCUT2D eigenvalue weighted by atomic mass is 9.80. The Bertz CT molecular complexity index is 741. The van der Waals surface area contributed by atoms with Gasteiger partial charge in [0.1, 0.15) is 17.4 Å². The van der Waals surface area contributed by atoms with Crippen molar-refractivity contribution in [1.82, 2.24) is 0 Å². The van der Waals surface area contributed by atoms with Crippen molar-refractivity contribution < 1.29 is 14.3 Å². The topological polar surface area (TPSA) is 85.3 Å². The second kappa shape index (κ2) is 7.69. The Hall–Kier alpha value is -2.74. The van der Waals surface area contributed by atoms with E-state index in [1.54, 1.807) is 6.92 Å². The van der Waals surface area contributed by atoms with E-state index in [1.165, 1.54) is 0 Å². The molecule has 5 heteroatoms. The third kappa shape index (κ3) is 3.28. The molecule has 126 valence electrons. The van der Waals surface area contributed by atoms with E-state index in [0.29, 0.717) is 17.8 Å². The number of hydrogen-bond acceptors (Lipinski definition) is 5. The van der Waals surface area contributed by atoms with E-state index in [2.05, 4.69) is 6.07 Å². The molecule has 0 spiro atoms. The molecule has 1 atom stereocenters. The first-order valence-corrected chi connectivity index (χ1v) is 8.08. The molecular weight excluding hydrogens is 304 g/mol. The predicted molar refractivity (Wildman–Crippen MR) is 90.4 cm³/mol. The Morgan fingerprint density at radius 2 is 2.08 bits per heavy atom. The van der Waals surface area contributed by atoms with Crippen LogP contribution in [-0.4, -0.2) is 12.6 Å². The summed E-state index contributed by atoms with van der Waals surface area (Å²) in [6.07, 6.45) is 1.34. The number of ether oxygens (including phenoxy) is 2. The Morgan fingerprint density at radius 3 is 2.67 bits per heavy atom. The van der Waals surface area contributed by atoms with E-state index in [4.69, 9.17) is 15.2 Å². The Kier molecular flexibility index (Phi) is 5.64. The monoisotopic (exact) mass is 326 g/mol. The molecule has 24 heavy (non-hydrogen) atoms. The number of rotatable bonds is 5. The van der Waals surface area contributed by atoms with Crippen molar-refractivity contribution in [3.05, 3.63) is 58.2 Å². The van der Waals surface area contributed by atoms with Gasteiger partial charge in [0.15, 0.2) is 0 Å². The SMILES string of the molecule is CCCC1=C(C(=O)OCC)[C@H](c2ccccc2C)C(C#N)=C(N)O1. The molecule has 1 aromatic rings. The zero-order valence-electron chi connectivity index (χ0n) is 14.3. The summed E-state index contributed by atoms with van der Waals surface area (Å²) in [5, 5.41) is 9.59. The van der Waals surface area contributed by atoms with Crippen molar-refractivity contribution in [2.75, 3.05) is 6.61 Å². The minimum Gasteiger partial charge on any atom is -0.463 e. The zero-order valence-corrected chi connectivity index (χ0v) is 14.3. The molecule has 0 bridgehead atoms. The minimum atomic E-state index is -0.564. The molecular formula is C19H22N2O3. The molecule has 0 saturated heterocycles. The van der Waals surface area contributed by atoms with Crippen molar-refractivity contribution in [1.29, 1.82) is 5.26 Å². The number of nitrogens with zero attached hydrogens (tertiary/aromatic N) is 1. The van der Waals surface area contributed by atoms with Crippen LogP contribution in [0.4, 0.5) is 0 Å². The Morgan fingerprint density at radius 1 is 1.38 bits per heavy atom. The van der Waals surface area contributed by atoms with Gasteiger partial charge in [-0.2, -0.15) is 5.26 Å². The highest BCUT2D eigenvalue weighted by Gasteiger charge is 2.37. The molecule has 1 aliphatic heterocycles. The van der Waals surface area contributed by atoms with Gasteiger partial charge in [-0.15, -0.1) is 0 Å². The maximum Gasteiger partial charge on any atom is 0.338 e. The van der Waals surface area contributed by atoms with E-state index in [-0.39, 0.29) is 18.1 Å². The molecule has 2 rings (SSSR count). The van der Waals surface area contributed by atoms with Crippen molar-refractivity contribution in [3.63, 3.8) is 0 Å². The highest BCUT2D eigenvalue weighted by atomic mass is 16.5. The number of carbonyl (C=O) groups is 1. The first-order chi connectivity index (χ1) is 11.5. The van der Waals surface area contributed by atoms with Gasteiger partial charge in [-0.1, -0.05) is 31.2 Å². The first kappa shape index (κ1) is 17.6. The third-order valence-electron chi connectivity index (χ3n) is 3.97. The van der Waals surface area contributed by atoms with E-state index in [1.807, 2.05) is 38.1 Å². The molecule has 2 N–H and O–H groups in total. The van der Waals surface area contributed by atoms with Crippen LogP contribution < -0.4 is 5.73 Å². The van der Waals surface area contributed by atoms with Crippen molar-refractivity contribution in [3.8, 4) is 6.07 Å². The lowest BCUT2D eigenvalue weighted by Crippen LogP contribution is -2.26. The lowest BCUT2D eigenvalue weighted by Gasteiger charge is -2.29. The van der Waals surface area contributed by atoms with E-state index in [9.17, 15) is 10.1 Å². The van der Waals surface area contributed by atoms with Gasteiger partial charge in [-0.25, -0.2) is 4.79 Å². The number of carbonyl (C=O) groups excluding carboxylic acids is 1. The maximum absolute atomic E-state index is 12.6. The van der Waals surface area contributed by atoms with Gasteiger partial charge in [-0.3, -0.25) is 0 Å². The van der Waals surface area contributed by atoms with Gasteiger partial charge < -0.3 is 15.2 Å². The Labute approximate surface area is 142 Å². The number of esters is 1. The van der Waals surface area contributed by atoms with Crippen LogP contribution in [0.15, 0.2) is 47.1 Å². The summed E-state index contributed by atoms with van der Waals surface area (Å²) >= 11 is 0. The smallest absolute Gasteiger partial charge is 0.338 e. The number of nitriles is 1. The fourth-order valence-electron chi connectivity index (χ4n) is 2.88.